The molecule has 0 fully saturated rings. The van der Waals surface area contributed by atoms with Gasteiger partial charge in [-0.05, 0) is 0 Å². The molecule has 0 spiro atoms. The average Bonchev–Trinajstić information content (AvgIpc) is 2.62. The molecule has 0 atom stereocenters. The summed E-state index contributed by atoms with van der Waals surface area (Å²) in [6, 6.07) is 0. The lowest BCUT2D eigenvalue weighted by Crippen LogP contribution is -2.11. The largest absolute Gasteiger partial charge is 0.478 e. The smallest absolute Gasteiger partial charge is 0.328 e. The first-order valence-corrected chi connectivity index (χ1v) is 6.23. The molecule has 0 aliphatic heterocycles. The summed E-state index contributed by atoms with van der Waals surface area (Å²) in [6.45, 7) is 0. The Kier molecular flexibility index (Phi) is 3.88. The van der Waals surface area contributed by atoms with Crippen molar-refractivity contribution in [2.75, 3.05) is 5.32 Å². The van der Waals surface area contributed by atoms with Crippen molar-refractivity contribution in [2.24, 2.45) is 5.14 Å². The third-order valence-corrected chi connectivity index (χ3v) is 3.41. The minimum atomic E-state index is -3.96. The van der Waals surface area contributed by atoms with Crippen molar-refractivity contribution < 1.29 is 23.1 Å². The summed E-state index contributed by atoms with van der Waals surface area (Å²) in [4.78, 5) is 21.2. The molecule has 0 unspecified atom stereocenters. The van der Waals surface area contributed by atoms with Crippen LogP contribution < -0.4 is 10.5 Å². The Bertz CT molecular complexity index is 575. The van der Waals surface area contributed by atoms with Crippen LogP contribution in [0.25, 0.3) is 0 Å². The molecule has 11 heteroatoms. The van der Waals surface area contributed by atoms with Crippen LogP contribution in [0.5, 0.6) is 0 Å². The van der Waals surface area contributed by atoms with Gasteiger partial charge in [-0.2, -0.15) is 0 Å². The van der Waals surface area contributed by atoms with Crippen molar-refractivity contribution in [2.45, 2.75) is 4.34 Å². The summed E-state index contributed by atoms with van der Waals surface area (Å²) in [6.07, 6.45) is 1.37. The quantitative estimate of drug-likeness (QED) is 0.460. The van der Waals surface area contributed by atoms with Gasteiger partial charge in [0.2, 0.25) is 15.4 Å². The summed E-state index contributed by atoms with van der Waals surface area (Å²) in [5.74, 6) is -2.06. The highest BCUT2D eigenvalue weighted by molar-refractivity contribution is 7.91. The van der Waals surface area contributed by atoms with Crippen LogP contribution in [0.4, 0.5) is 5.13 Å². The predicted molar refractivity (Wildman–Crippen MR) is 56.7 cm³/mol. The highest BCUT2D eigenvalue weighted by Crippen LogP contribution is 2.18. The van der Waals surface area contributed by atoms with Gasteiger partial charge in [0.25, 0.3) is 10.0 Å². The second kappa shape index (κ2) is 4.99. The highest BCUT2D eigenvalue weighted by atomic mass is 32.2. The molecule has 1 amide bonds. The minimum absolute atomic E-state index is 0.103. The van der Waals surface area contributed by atoms with E-state index in [0.717, 1.165) is 6.08 Å². The summed E-state index contributed by atoms with van der Waals surface area (Å²) in [5, 5.41) is 21.6. The van der Waals surface area contributed by atoms with Gasteiger partial charge in [-0.15, -0.1) is 10.2 Å². The maximum Gasteiger partial charge on any atom is 0.328 e. The molecule has 9 nitrogen and oxygen atoms in total. The lowest BCUT2D eigenvalue weighted by Gasteiger charge is -1.92. The molecule has 0 aliphatic carbocycles. The number of hydrogen-bond donors (Lipinski definition) is 3. The fourth-order valence-electron chi connectivity index (χ4n) is 0.669. The zero-order valence-corrected chi connectivity index (χ0v) is 9.66. The first kappa shape index (κ1) is 13.2. The Morgan fingerprint density at radius 1 is 1.35 bits per heavy atom. The lowest BCUT2D eigenvalue weighted by molar-refractivity contribution is -0.131. The molecule has 0 radical (unpaired) electrons. The number of rotatable bonds is 4. The van der Waals surface area contributed by atoms with Crippen molar-refractivity contribution in [3.8, 4) is 0 Å². The zero-order valence-electron chi connectivity index (χ0n) is 8.02. The van der Waals surface area contributed by atoms with Crippen molar-refractivity contribution in [3.63, 3.8) is 0 Å². The van der Waals surface area contributed by atoms with Crippen LogP contribution >= 0.6 is 11.3 Å². The number of nitrogens with two attached hydrogens (primary N) is 1. The van der Waals surface area contributed by atoms with Gasteiger partial charge in [0.15, 0.2) is 0 Å². The summed E-state index contributed by atoms with van der Waals surface area (Å²) < 4.78 is 21.2. The number of amides is 1. The van der Waals surface area contributed by atoms with E-state index in [-0.39, 0.29) is 5.13 Å². The summed E-state index contributed by atoms with van der Waals surface area (Å²) in [5.41, 5.74) is 0. The topological polar surface area (TPSA) is 152 Å². The maximum atomic E-state index is 11.1. The summed E-state index contributed by atoms with van der Waals surface area (Å²) in [7, 11) is -3.96. The van der Waals surface area contributed by atoms with Gasteiger partial charge in [-0.1, -0.05) is 11.3 Å². The van der Waals surface area contributed by atoms with Crippen molar-refractivity contribution in [1.82, 2.24) is 10.2 Å². The van der Waals surface area contributed by atoms with Gasteiger partial charge in [0.05, 0.1) is 0 Å². The zero-order chi connectivity index (χ0) is 13.1. The molecule has 1 aromatic heterocycles. The number of nitrogens with zero attached hydrogens (tertiary/aromatic N) is 2. The number of primary sulfonamides is 1. The molecule has 0 aliphatic rings. The number of carbonyl (C=O) groups excluding carboxylic acids is 1. The Morgan fingerprint density at radius 2 is 2.00 bits per heavy atom. The number of carboxylic acids is 1. The van der Waals surface area contributed by atoms with E-state index in [1.165, 1.54) is 0 Å². The SMILES string of the molecule is NS(=O)(=O)c1nnc(NC(=O)/C=C\C(=O)O)s1. The maximum absolute atomic E-state index is 11.1. The fraction of sp³-hybridized carbons (Fsp3) is 0. The Hall–Kier alpha value is -1.85. The van der Waals surface area contributed by atoms with E-state index in [1.54, 1.807) is 0 Å². The third kappa shape index (κ3) is 4.26. The van der Waals surface area contributed by atoms with E-state index in [0.29, 0.717) is 17.4 Å². The van der Waals surface area contributed by atoms with E-state index < -0.39 is 26.2 Å². The van der Waals surface area contributed by atoms with Crippen LogP contribution in [0.15, 0.2) is 16.5 Å². The molecular formula is C6H6N4O5S2. The number of sulfonamides is 1. The molecule has 92 valence electrons. The van der Waals surface area contributed by atoms with E-state index >= 15 is 0 Å². The van der Waals surface area contributed by atoms with Crippen molar-refractivity contribution in [1.29, 1.82) is 0 Å². The van der Waals surface area contributed by atoms with Gasteiger partial charge in [-0.3, -0.25) is 10.1 Å². The predicted octanol–water partition coefficient (Wildman–Crippen LogP) is -1.24. The number of carboxylic acid groups (broad SMARTS) is 1. The number of carbonyl (C=O) groups is 2. The Balaban J connectivity index is 2.74. The molecule has 0 aromatic carbocycles. The Morgan fingerprint density at radius 3 is 2.47 bits per heavy atom. The minimum Gasteiger partial charge on any atom is -0.478 e. The van der Waals surface area contributed by atoms with Crippen LogP contribution in [0.3, 0.4) is 0 Å². The second-order valence-electron chi connectivity index (χ2n) is 2.58. The normalized spacial score (nSPS) is 11.6. The van der Waals surface area contributed by atoms with Gasteiger partial charge >= 0.3 is 5.97 Å². The van der Waals surface area contributed by atoms with Gasteiger partial charge in [-0.25, -0.2) is 18.4 Å². The summed E-state index contributed by atoms with van der Waals surface area (Å²) >= 11 is 0.554. The number of anilines is 1. The first-order valence-electron chi connectivity index (χ1n) is 3.87. The Labute approximate surface area is 99.0 Å². The molecule has 4 N–H and O–H groups in total. The van der Waals surface area contributed by atoms with E-state index in [4.69, 9.17) is 10.2 Å². The van der Waals surface area contributed by atoms with Crippen molar-refractivity contribution in [3.05, 3.63) is 12.2 Å². The molecule has 0 saturated carbocycles. The van der Waals surface area contributed by atoms with Gasteiger partial charge < -0.3 is 5.11 Å². The van der Waals surface area contributed by atoms with Crippen molar-refractivity contribution >= 4 is 38.4 Å². The van der Waals surface area contributed by atoms with Crippen LogP contribution in [-0.4, -0.2) is 35.6 Å². The molecule has 1 rings (SSSR count). The second-order valence-corrected chi connectivity index (χ2v) is 5.29. The molecule has 17 heavy (non-hydrogen) atoms. The molecule has 1 aromatic rings. The average molecular weight is 278 g/mol. The monoisotopic (exact) mass is 278 g/mol. The standard InChI is InChI=1S/C6H6N4O5S2/c7-17(14,15)6-10-9-5(16-6)8-3(11)1-2-4(12)13/h1-2H,(H,12,13)(H2,7,14,15)(H,8,9,11)/b2-1-. The molecular weight excluding hydrogens is 272 g/mol. The number of hydrogen-bond acceptors (Lipinski definition) is 7. The fourth-order valence-corrected chi connectivity index (χ4v) is 2.01. The van der Waals surface area contributed by atoms with Gasteiger partial charge in [0.1, 0.15) is 0 Å². The number of nitrogens with one attached hydrogen (secondary N) is 1. The van der Waals surface area contributed by atoms with E-state index in [2.05, 4.69) is 15.5 Å². The van der Waals surface area contributed by atoms with Crippen LogP contribution in [0, 0.1) is 0 Å². The van der Waals surface area contributed by atoms with E-state index in [9.17, 15) is 18.0 Å². The van der Waals surface area contributed by atoms with Crippen LogP contribution in [0.2, 0.25) is 0 Å². The number of aromatic nitrogens is 2. The van der Waals surface area contributed by atoms with Crippen LogP contribution in [-0.2, 0) is 19.6 Å². The highest BCUT2D eigenvalue weighted by Gasteiger charge is 2.15. The van der Waals surface area contributed by atoms with Crippen LogP contribution in [0.1, 0.15) is 0 Å². The van der Waals surface area contributed by atoms with E-state index in [1.807, 2.05) is 0 Å². The molecule has 0 bridgehead atoms. The third-order valence-electron chi connectivity index (χ3n) is 1.26. The molecule has 0 saturated heterocycles. The lowest BCUT2D eigenvalue weighted by atomic mass is 10.5. The van der Waals surface area contributed by atoms with Gasteiger partial charge in [0, 0.05) is 12.2 Å². The first-order chi connectivity index (χ1) is 7.79. The number of aliphatic carboxylic acids is 1. The molecule has 1 heterocycles.